The lowest BCUT2D eigenvalue weighted by Gasteiger charge is -2.13. The molecule has 1 aromatic heterocycles. The molecule has 0 fully saturated rings. The molecule has 1 heterocycles. The number of fused-ring (bicyclic) bond motifs is 3. The third-order valence-corrected chi connectivity index (χ3v) is 4.00. The van der Waals surface area contributed by atoms with Gasteiger partial charge in [-0.1, -0.05) is 0 Å². The van der Waals surface area contributed by atoms with Crippen LogP contribution in [0, 0.1) is 20.8 Å². The molecule has 4 nitrogen and oxygen atoms in total. The SMILES string of the molecule is COc1cc(C)c2c(c1C)c(=O)oc1c(C)c(O)ccc12. The zero-order chi connectivity index (χ0) is 15.3. The van der Waals surface area contributed by atoms with E-state index < -0.39 is 5.63 Å². The number of phenolic OH excluding ortho intramolecular Hbond substituents is 1. The highest BCUT2D eigenvalue weighted by molar-refractivity contribution is 6.08. The van der Waals surface area contributed by atoms with E-state index in [0.29, 0.717) is 22.3 Å². The van der Waals surface area contributed by atoms with Gasteiger partial charge < -0.3 is 14.3 Å². The van der Waals surface area contributed by atoms with Crippen molar-refractivity contribution >= 4 is 21.7 Å². The van der Waals surface area contributed by atoms with Gasteiger partial charge in [-0.25, -0.2) is 4.79 Å². The second-order valence-corrected chi connectivity index (χ2v) is 5.25. The predicted octanol–water partition coefficient (Wildman–Crippen LogP) is 3.59. The minimum Gasteiger partial charge on any atom is -0.508 e. The predicted molar refractivity (Wildman–Crippen MR) is 82.4 cm³/mol. The second-order valence-electron chi connectivity index (χ2n) is 5.25. The first-order chi connectivity index (χ1) is 9.95. The van der Waals surface area contributed by atoms with Crippen LogP contribution >= 0.6 is 0 Å². The van der Waals surface area contributed by atoms with Crippen LogP contribution in [0.25, 0.3) is 21.7 Å². The molecule has 0 radical (unpaired) electrons. The molecule has 0 atom stereocenters. The number of aromatic hydroxyl groups is 1. The Hall–Kier alpha value is -2.49. The van der Waals surface area contributed by atoms with Gasteiger partial charge in [0, 0.05) is 21.9 Å². The number of aryl methyl sites for hydroxylation is 3. The fourth-order valence-electron chi connectivity index (χ4n) is 2.85. The highest BCUT2D eigenvalue weighted by atomic mass is 16.5. The lowest BCUT2D eigenvalue weighted by molar-refractivity contribution is 0.412. The van der Waals surface area contributed by atoms with Gasteiger partial charge >= 0.3 is 5.63 Å². The molecule has 3 rings (SSSR count). The van der Waals surface area contributed by atoms with Gasteiger partial charge in [0.15, 0.2) is 0 Å². The summed E-state index contributed by atoms with van der Waals surface area (Å²) >= 11 is 0. The van der Waals surface area contributed by atoms with Gasteiger partial charge in [-0.05, 0) is 44.5 Å². The van der Waals surface area contributed by atoms with E-state index in [1.54, 1.807) is 26.2 Å². The molecule has 0 unspecified atom stereocenters. The topological polar surface area (TPSA) is 59.7 Å². The smallest absolute Gasteiger partial charge is 0.344 e. The van der Waals surface area contributed by atoms with Crippen molar-refractivity contribution in [2.75, 3.05) is 7.11 Å². The van der Waals surface area contributed by atoms with E-state index in [0.717, 1.165) is 21.9 Å². The second kappa shape index (κ2) is 4.52. The summed E-state index contributed by atoms with van der Waals surface area (Å²) in [5.74, 6) is 0.787. The van der Waals surface area contributed by atoms with Crippen LogP contribution in [-0.4, -0.2) is 12.2 Å². The van der Waals surface area contributed by atoms with Gasteiger partial charge in [0.2, 0.25) is 0 Å². The average Bonchev–Trinajstić information content (AvgIpc) is 2.46. The summed E-state index contributed by atoms with van der Waals surface area (Å²) in [6.07, 6.45) is 0. The molecule has 0 bridgehead atoms. The third kappa shape index (κ3) is 1.79. The Kier molecular flexibility index (Phi) is 2.90. The van der Waals surface area contributed by atoms with Crippen LogP contribution in [0.2, 0.25) is 0 Å². The average molecular weight is 284 g/mol. The quantitative estimate of drug-likeness (QED) is 0.548. The minimum atomic E-state index is -0.411. The molecule has 2 aromatic carbocycles. The van der Waals surface area contributed by atoms with Crippen molar-refractivity contribution < 1.29 is 14.3 Å². The summed E-state index contributed by atoms with van der Waals surface area (Å²) in [5.41, 5.74) is 2.29. The number of rotatable bonds is 1. The Bertz CT molecular complexity index is 935. The Balaban J connectivity index is 2.66. The summed E-state index contributed by atoms with van der Waals surface area (Å²) in [7, 11) is 1.58. The first-order valence-electron chi connectivity index (χ1n) is 6.69. The number of ether oxygens (including phenoxy) is 1. The van der Waals surface area contributed by atoms with E-state index in [-0.39, 0.29) is 5.75 Å². The maximum Gasteiger partial charge on any atom is 0.344 e. The van der Waals surface area contributed by atoms with Crippen LogP contribution in [0.1, 0.15) is 16.7 Å². The Labute approximate surface area is 121 Å². The molecule has 0 spiro atoms. The Morgan fingerprint density at radius 1 is 1.10 bits per heavy atom. The summed E-state index contributed by atoms with van der Waals surface area (Å²) in [4.78, 5) is 12.4. The van der Waals surface area contributed by atoms with E-state index in [2.05, 4.69) is 0 Å². The van der Waals surface area contributed by atoms with Crippen LogP contribution in [0.5, 0.6) is 11.5 Å². The van der Waals surface area contributed by atoms with Gasteiger partial charge in [-0.15, -0.1) is 0 Å². The molecular weight excluding hydrogens is 268 g/mol. The van der Waals surface area contributed by atoms with Gasteiger partial charge in [0.1, 0.15) is 17.1 Å². The zero-order valence-corrected chi connectivity index (χ0v) is 12.4. The highest BCUT2D eigenvalue weighted by Crippen LogP contribution is 2.35. The first-order valence-corrected chi connectivity index (χ1v) is 6.69. The minimum absolute atomic E-state index is 0.118. The molecule has 0 aliphatic rings. The number of methoxy groups -OCH3 is 1. The molecule has 3 aromatic rings. The largest absolute Gasteiger partial charge is 0.508 e. The highest BCUT2D eigenvalue weighted by Gasteiger charge is 2.17. The normalized spacial score (nSPS) is 11.2. The molecule has 0 saturated heterocycles. The Morgan fingerprint density at radius 2 is 1.81 bits per heavy atom. The molecule has 0 amide bonds. The van der Waals surface area contributed by atoms with Crippen molar-refractivity contribution in [3.05, 3.63) is 45.3 Å². The van der Waals surface area contributed by atoms with Crippen molar-refractivity contribution in [1.82, 2.24) is 0 Å². The maximum absolute atomic E-state index is 12.4. The summed E-state index contributed by atoms with van der Waals surface area (Å²) in [5, 5.41) is 12.0. The van der Waals surface area contributed by atoms with Gasteiger partial charge in [0.25, 0.3) is 0 Å². The fourth-order valence-corrected chi connectivity index (χ4v) is 2.85. The van der Waals surface area contributed by atoms with Crippen LogP contribution in [-0.2, 0) is 0 Å². The lowest BCUT2D eigenvalue weighted by atomic mass is 9.97. The van der Waals surface area contributed by atoms with Crippen molar-refractivity contribution in [2.45, 2.75) is 20.8 Å². The van der Waals surface area contributed by atoms with Crippen molar-refractivity contribution in [3.8, 4) is 11.5 Å². The monoisotopic (exact) mass is 284 g/mol. The standard InChI is InChI=1S/C17H16O4/c1-8-7-13(20-4)10(3)15-14(8)11-5-6-12(18)9(2)16(11)21-17(15)19/h5-7,18H,1-4H3. The molecule has 1 N–H and O–H groups in total. The number of hydrogen-bond acceptors (Lipinski definition) is 4. The third-order valence-electron chi connectivity index (χ3n) is 4.00. The molecule has 0 aliphatic heterocycles. The molecule has 0 saturated carbocycles. The van der Waals surface area contributed by atoms with Crippen LogP contribution < -0.4 is 10.4 Å². The molecule has 4 heteroatoms. The molecule has 0 aliphatic carbocycles. The van der Waals surface area contributed by atoms with Crippen molar-refractivity contribution in [2.24, 2.45) is 0 Å². The van der Waals surface area contributed by atoms with Crippen LogP contribution in [0.15, 0.2) is 27.4 Å². The first kappa shape index (κ1) is 13.5. The molecule has 21 heavy (non-hydrogen) atoms. The van der Waals surface area contributed by atoms with Crippen molar-refractivity contribution in [3.63, 3.8) is 0 Å². The van der Waals surface area contributed by atoms with E-state index in [1.807, 2.05) is 19.9 Å². The fraction of sp³-hybridized carbons (Fsp3) is 0.235. The molecule has 108 valence electrons. The number of phenols is 1. The van der Waals surface area contributed by atoms with Gasteiger partial charge in [-0.2, -0.15) is 0 Å². The van der Waals surface area contributed by atoms with Crippen LogP contribution in [0.3, 0.4) is 0 Å². The van der Waals surface area contributed by atoms with Crippen molar-refractivity contribution in [1.29, 1.82) is 0 Å². The summed E-state index contributed by atoms with van der Waals surface area (Å²) in [6.45, 7) is 5.51. The zero-order valence-electron chi connectivity index (χ0n) is 12.4. The van der Waals surface area contributed by atoms with E-state index in [1.165, 1.54) is 0 Å². The summed E-state index contributed by atoms with van der Waals surface area (Å²) in [6, 6.07) is 5.32. The van der Waals surface area contributed by atoms with Gasteiger partial charge in [-0.3, -0.25) is 0 Å². The maximum atomic E-state index is 12.4. The van der Waals surface area contributed by atoms with E-state index >= 15 is 0 Å². The lowest BCUT2D eigenvalue weighted by Crippen LogP contribution is -2.05. The molecular formula is C17H16O4. The Morgan fingerprint density at radius 3 is 2.48 bits per heavy atom. The van der Waals surface area contributed by atoms with Crippen LogP contribution in [0.4, 0.5) is 0 Å². The van der Waals surface area contributed by atoms with E-state index in [9.17, 15) is 9.90 Å². The number of benzene rings is 2. The van der Waals surface area contributed by atoms with E-state index in [4.69, 9.17) is 9.15 Å². The number of hydrogen-bond donors (Lipinski definition) is 1. The van der Waals surface area contributed by atoms with Gasteiger partial charge in [0.05, 0.1) is 12.5 Å². The summed E-state index contributed by atoms with van der Waals surface area (Å²) < 4.78 is 10.8.